The number of carbonyl (C=O) groups is 1. The van der Waals surface area contributed by atoms with Gasteiger partial charge in [0.1, 0.15) is 5.75 Å². The highest BCUT2D eigenvalue weighted by atomic mass is 32.2. The minimum atomic E-state index is -0.0300. The van der Waals surface area contributed by atoms with Crippen LogP contribution in [-0.2, 0) is 4.79 Å². The highest BCUT2D eigenvalue weighted by molar-refractivity contribution is 8.19. The van der Waals surface area contributed by atoms with Crippen molar-refractivity contribution in [3.05, 3.63) is 64.1 Å². The normalized spacial score (nSPS) is 17.2. The average Bonchev–Trinajstić information content (AvgIpc) is 2.96. The van der Waals surface area contributed by atoms with Crippen molar-refractivity contribution < 1.29 is 9.53 Å². The van der Waals surface area contributed by atoms with E-state index in [0.717, 1.165) is 39.7 Å². The van der Waals surface area contributed by atoms with E-state index in [0.29, 0.717) is 11.4 Å². The summed E-state index contributed by atoms with van der Waals surface area (Å²) in [5.74, 6) is 0.812. The number of nitrogens with zero attached hydrogens (tertiary/aromatic N) is 2. The van der Waals surface area contributed by atoms with Gasteiger partial charge in [-0.15, -0.1) is 0 Å². The molecule has 27 heavy (non-hydrogen) atoms. The molecule has 0 N–H and O–H groups in total. The predicted molar refractivity (Wildman–Crippen MR) is 115 cm³/mol. The number of benzene rings is 2. The number of ether oxygens (including phenoxy) is 1. The van der Waals surface area contributed by atoms with Crippen molar-refractivity contribution in [2.45, 2.75) is 27.2 Å². The van der Waals surface area contributed by atoms with Gasteiger partial charge in [-0.25, -0.2) is 0 Å². The first-order chi connectivity index (χ1) is 13.0. The topological polar surface area (TPSA) is 41.9 Å². The van der Waals surface area contributed by atoms with Crippen LogP contribution < -0.4 is 9.64 Å². The van der Waals surface area contributed by atoms with Crippen LogP contribution in [0.25, 0.3) is 6.08 Å². The molecule has 1 fully saturated rings. The van der Waals surface area contributed by atoms with Gasteiger partial charge in [-0.1, -0.05) is 31.2 Å². The van der Waals surface area contributed by atoms with E-state index >= 15 is 0 Å². The molecule has 140 valence electrons. The Balaban J connectivity index is 2.00. The first-order valence-electron chi connectivity index (χ1n) is 9.04. The second kappa shape index (κ2) is 8.44. The van der Waals surface area contributed by atoms with Crippen LogP contribution in [0.4, 0.5) is 5.69 Å². The molecule has 1 saturated heterocycles. The number of anilines is 1. The summed E-state index contributed by atoms with van der Waals surface area (Å²) in [5, 5.41) is 0.743. The van der Waals surface area contributed by atoms with Gasteiger partial charge < -0.3 is 4.74 Å². The Morgan fingerprint density at radius 2 is 1.93 bits per heavy atom. The number of aliphatic imine (C=N–C) groups is 1. The lowest BCUT2D eigenvalue weighted by atomic mass is 10.1. The summed E-state index contributed by atoms with van der Waals surface area (Å²) in [6.45, 7) is 6.80. The van der Waals surface area contributed by atoms with Crippen LogP contribution in [0.15, 0.2) is 52.4 Å². The number of amidine groups is 1. The maximum atomic E-state index is 13.2. The maximum Gasteiger partial charge on any atom is 0.271 e. The SMILES string of the molecule is CCCN=C1S/C(=C\c2ccc(OC)c(C)c2)C(=O)N1c1ccccc1C. The lowest BCUT2D eigenvalue weighted by molar-refractivity contribution is -0.113. The number of rotatable bonds is 5. The third-order valence-corrected chi connectivity index (χ3v) is 5.36. The minimum absolute atomic E-state index is 0.0300. The summed E-state index contributed by atoms with van der Waals surface area (Å²) in [5.41, 5.74) is 3.96. The lowest BCUT2D eigenvalue weighted by Crippen LogP contribution is -2.29. The van der Waals surface area contributed by atoms with Crippen molar-refractivity contribution >= 4 is 34.6 Å². The third kappa shape index (κ3) is 4.08. The van der Waals surface area contributed by atoms with E-state index in [9.17, 15) is 4.79 Å². The van der Waals surface area contributed by atoms with Gasteiger partial charge in [0.25, 0.3) is 5.91 Å². The molecule has 2 aromatic rings. The molecule has 1 aliphatic rings. The quantitative estimate of drug-likeness (QED) is 0.670. The van der Waals surface area contributed by atoms with E-state index in [1.165, 1.54) is 11.8 Å². The van der Waals surface area contributed by atoms with Gasteiger partial charge in [0.2, 0.25) is 0 Å². The van der Waals surface area contributed by atoms with Gasteiger partial charge >= 0.3 is 0 Å². The number of aryl methyl sites for hydroxylation is 2. The summed E-state index contributed by atoms with van der Waals surface area (Å²) >= 11 is 1.44. The molecule has 1 amide bonds. The zero-order valence-corrected chi connectivity index (χ0v) is 17.0. The number of thioether (sulfide) groups is 1. The highest BCUT2D eigenvalue weighted by Crippen LogP contribution is 2.37. The van der Waals surface area contributed by atoms with Crippen LogP contribution in [0.2, 0.25) is 0 Å². The summed E-state index contributed by atoms with van der Waals surface area (Å²) in [6, 6.07) is 13.8. The number of amides is 1. The molecule has 0 aliphatic carbocycles. The summed E-state index contributed by atoms with van der Waals surface area (Å²) in [6.07, 6.45) is 2.87. The zero-order valence-electron chi connectivity index (χ0n) is 16.2. The Morgan fingerprint density at radius 1 is 1.15 bits per heavy atom. The van der Waals surface area contributed by atoms with Crippen LogP contribution in [0.5, 0.6) is 5.75 Å². The second-order valence-electron chi connectivity index (χ2n) is 6.43. The Bertz CT molecular complexity index is 918. The number of carbonyl (C=O) groups excluding carboxylic acids is 1. The smallest absolute Gasteiger partial charge is 0.271 e. The molecular weight excluding hydrogens is 356 g/mol. The van der Waals surface area contributed by atoms with Gasteiger partial charge in [-0.3, -0.25) is 14.7 Å². The summed E-state index contributed by atoms with van der Waals surface area (Å²) < 4.78 is 5.32. The van der Waals surface area contributed by atoms with Crippen molar-refractivity contribution in [1.29, 1.82) is 0 Å². The molecular formula is C22H24N2O2S. The molecule has 1 heterocycles. The van der Waals surface area contributed by atoms with Gasteiger partial charge in [-0.2, -0.15) is 0 Å². The molecule has 4 nitrogen and oxygen atoms in total. The highest BCUT2D eigenvalue weighted by Gasteiger charge is 2.35. The van der Waals surface area contributed by atoms with Gasteiger partial charge in [-0.05, 0) is 73.0 Å². The van der Waals surface area contributed by atoms with Gasteiger partial charge in [0.15, 0.2) is 5.17 Å². The molecule has 0 aromatic heterocycles. The Hall–Kier alpha value is -2.53. The first kappa shape index (κ1) is 19.2. The van der Waals surface area contributed by atoms with E-state index in [-0.39, 0.29) is 5.91 Å². The fourth-order valence-corrected chi connectivity index (χ4v) is 3.95. The number of methoxy groups -OCH3 is 1. The van der Waals surface area contributed by atoms with E-state index in [2.05, 4.69) is 11.9 Å². The number of hydrogen-bond donors (Lipinski definition) is 0. The van der Waals surface area contributed by atoms with Gasteiger partial charge in [0, 0.05) is 6.54 Å². The molecule has 0 bridgehead atoms. The van der Waals surface area contributed by atoms with Crippen LogP contribution >= 0.6 is 11.8 Å². The van der Waals surface area contributed by atoms with E-state index in [1.54, 1.807) is 12.0 Å². The molecule has 2 aromatic carbocycles. The fraction of sp³-hybridized carbons (Fsp3) is 0.273. The number of para-hydroxylation sites is 1. The van der Waals surface area contributed by atoms with Crippen molar-refractivity contribution in [3.8, 4) is 5.75 Å². The molecule has 0 unspecified atom stereocenters. The van der Waals surface area contributed by atoms with Crippen molar-refractivity contribution in [1.82, 2.24) is 0 Å². The van der Waals surface area contributed by atoms with E-state index in [1.807, 2.05) is 62.4 Å². The first-order valence-corrected chi connectivity index (χ1v) is 9.85. The molecule has 1 aliphatic heterocycles. The van der Waals surface area contributed by atoms with Gasteiger partial charge in [0.05, 0.1) is 17.7 Å². The van der Waals surface area contributed by atoms with Crippen LogP contribution in [0.3, 0.4) is 0 Å². The Labute approximate surface area is 164 Å². The monoisotopic (exact) mass is 380 g/mol. The van der Waals surface area contributed by atoms with Crippen LogP contribution in [-0.4, -0.2) is 24.7 Å². The number of hydrogen-bond acceptors (Lipinski definition) is 4. The predicted octanol–water partition coefficient (Wildman–Crippen LogP) is 5.20. The third-order valence-electron chi connectivity index (χ3n) is 4.35. The largest absolute Gasteiger partial charge is 0.496 e. The molecule has 0 atom stereocenters. The molecule has 5 heteroatoms. The van der Waals surface area contributed by atoms with Crippen molar-refractivity contribution in [3.63, 3.8) is 0 Å². The lowest BCUT2D eigenvalue weighted by Gasteiger charge is -2.18. The fourth-order valence-electron chi connectivity index (χ4n) is 2.96. The Morgan fingerprint density at radius 3 is 2.59 bits per heavy atom. The van der Waals surface area contributed by atoms with E-state index in [4.69, 9.17) is 4.74 Å². The maximum absolute atomic E-state index is 13.2. The standard InChI is InChI=1S/C22H24N2O2S/c1-5-12-23-22-24(18-9-7-6-8-15(18)2)21(25)20(27-22)14-17-10-11-19(26-4)16(3)13-17/h6-11,13-14H,5,12H2,1-4H3/b20-14-,23-22?. The minimum Gasteiger partial charge on any atom is -0.496 e. The molecule has 3 rings (SSSR count). The zero-order chi connectivity index (χ0) is 19.4. The summed E-state index contributed by atoms with van der Waals surface area (Å²) in [7, 11) is 1.66. The van der Waals surface area contributed by atoms with Crippen LogP contribution in [0.1, 0.15) is 30.0 Å². The molecule has 0 saturated carbocycles. The average molecular weight is 381 g/mol. The molecule has 0 spiro atoms. The molecule has 0 radical (unpaired) electrons. The second-order valence-corrected chi connectivity index (χ2v) is 7.44. The summed E-state index contributed by atoms with van der Waals surface area (Å²) in [4.78, 5) is 20.2. The van der Waals surface area contributed by atoms with Crippen molar-refractivity contribution in [2.75, 3.05) is 18.6 Å². The Kier molecular flexibility index (Phi) is 6.01. The van der Waals surface area contributed by atoms with Crippen LogP contribution in [0, 0.1) is 13.8 Å². The van der Waals surface area contributed by atoms with Crippen molar-refractivity contribution in [2.24, 2.45) is 4.99 Å². The van der Waals surface area contributed by atoms with E-state index < -0.39 is 0 Å².